The molecule has 8 heteroatoms. The summed E-state index contributed by atoms with van der Waals surface area (Å²) in [5.74, 6) is -0.0934. The van der Waals surface area contributed by atoms with E-state index in [2.05, 4.69) is 5.32 Å². The highest BCUT2D eigenvalue weighted by atomic mass is 32.2. The van der Waals surface area contributed by atoms with Gasteiger partial charge in [-0.15, -0.1) is 0 Å². The largest absolute Gasteiger partial charge is 0.467 e. The number of amides is 2. The maximum atomic E-state index is 12.6. The van der Waals surface area contributed by atoms with Crippen LogP contribution in [0.5, 0.6) is 0 Å². The maximum absolute atomic E-state index is 12.6. The second kappa shape index (κ2) is 8.02. The quantitative estimate of drug-likeness (QED) is 0.781. The van der Waals surface area contributed by atoms with Gasteiger partial charge in [-0.3, -0.25) is 9.59 Å². The van der Waals surface area contributed by atoms with Crippen LogP contribution in [0.3, 0.4) is 0 Å². The fraction of sp³-hybridized carbons (Fsp3) is 0.429. The molecule has 1 aliphatic heterocycles. The Morgan fingerprint density at radius 3 is 2.52 bits per heavy atom. The number of carbonyl (C=O) groups excluding carboxylic acids is 2. The van der Waals surface area contributed by atoms with Crippen LogP contribution in [0.2, 0.25) is 0 Å². The Labute approximate surface area is 170 Å². The van der Waals surface area contributed by atoms with Crippen LogP contribution in [0.15, 0.2) is 52.0 Å². The fourth-order valence-electron chi connectivity index (χ4n) is 4.05. The summed E-state index contributed by atoms with van der Waals surface area (Å²) in [6.45, 7) is 0.683. The predicted octanol–water partition coefficient (Wildman–Crippen LogP) is 2.98. The Kier molecular flexibility index (Phi) is 5.45. The lowest BCUT2D eigenvalue weighted by molar-refractivity contribution is -0.128. The van der Waals surface area contributed by atoms with E-state index < -0.39 is 15.8 Å². The van der Waals surface area contributed by atoms with Gasteiger partial charge in [-0.05, 0) is 49.2 Å². The van der Waals surface area contributed by atoms with Gasteiger partial charge in [0, 0.05) is 18.7 Å². The highest BCUT2D eigenvalue weighted by Crippen LogP contribution is 2.30. The molecule has 1 aliphatic carbocycles. The first-order valence-corrected chi connectivity index (χ1v) is 11.4. The van der Waals surface area contributed by atoms with E-state index in [-0.39, 0.29) is 23.5 Å². The summed E-state index contributed by atoms with van der Waals surface area (Å²) in [6, 6.07) is 9.87. The van der Waals surface area contributed by atoms with Crippen molar-refractivity contribution in [1.82, 2.24) is 4.90 Å². The molecule has 4 rings (SSSR count). The van der Waals surface area contributed by atoms with Gasteiger partial charge in [-0.2, -0.15) is 0 Å². The van der Waals surface area contributed by atoms with E-state index in [0.717, 1.165) is 12.8 Å². The lowest BCUT2D eigenvalue weighted by Gasteiger charge is -2.15. The van der Waals surface area contributed by atoms with E-state index in [1.54, 1.807) is 47.6 Å². The molecule has 1 aromatic heterocycles. The first kappa shape index (κ1) is 19.7. The second-order valence-electron chi connectivity index (χ2n) is 7.72. The third-order valence-electron chi connectivity index (χ3n) is 5.70. The molecule has 1 atom stereocenters. The summed E-state index contributed by atoms with van der Waals surface area (Å²) in [5.41, 5.74) is 0.525. The SMILES string of the molecule is O=C(Nc1ccc(S(=O)(=O)C2CCCC2)cc1)C1CC(=O)N(Cc2ccco2)C1. The molecule has 29 heavy (non-hydrogen) atoms. The van der Waals surface area contributed by atoms with E-state index in [1.807, 2.05) is 0 Å². The number of rotatable bonds is 6. The van der Waals surface area contributed by atoms with Crippen molar-refractivity contribution in [3.05, 3.63) is 48.4 Å². The van der Waals surface area contributed by atoms with E-state index in [4.69, 9.17) is 4.42 Å². The van der Waals surface area contributed by atoms with Crippen molar-refractivity contribution in [2.24, 2.45) is 5.92 Å². The minimum Gasteiger partial charge on any atom is -0.467 e. The van der Waals surface area contributed by atoms with Crippen LogP contribution in [0, 0.1) is 5.92 Å². The molecule has 1 aromatic carbocycles. The maximum Gasteiger partial charge on any atom is 0.229 e. The van der Waals surface area contributed by atoms with Crippen molar-refractivity contribution in [1.29, 1.82) is 0 Å². The minimum atomic E-state index is -3.31. The van der Waals surface area contributed by atoms with Gasteiger partial charge in [0.2, 0.25) is 11.8 Å². The Balaban J connectivity index is 1.37. The van der Waals surface area contributed by atoms with Gasteiger partial charge in [-0.1, -0.05) is 12.8 Å². The van der Waals surface area contributed by atoms with Crippen molar-refractivity contribution in [3.8, 4) is 0 Å². The molecule has 2 fully saturated rings. The van der Waals surface area contributed by atoms with Crippen molar-refractivity contribution in [2.75, 3.05) is 11.9 Å². The average molecular weight is 416 g/mol. The second-order valence-corrected chi connectivity index (χ2v) is 9.95. The molecule has 1 unspecified atom stereocenters. The molecule has 2 aromatic rings. The van der Waals surface area contributed by atoms with Crippen LogP contribution >= 0.6 is 0 Å². The molecule has 1 N–H and O–H groups in total. The van der Waals surface area contributed by atoms with Crippen molar-refractivity contribution < 1.29 is 22.4 Å². The van der Waals surface area contributed by atoms with Gasteiger partial charge >= 0.3 is 0 Å². The standard InChI is InChI=1S/C21H24N2O5S/c24-20-12-15(13-23(20)14-17-4-3-11-28-17)21(25)22-16-7-9-19(10-8-16)29(26,27)18-5-1-2-6-18/h3-4,7-11,15,18H,1-2,5-6,12-14H2,(H,22,25). The average Bonchev–Trinajstić information content (AvgIpc) is 3.46. The molecule has 0 radical (unpaired) electrons. The summed E-state index contributed by atoms with van der Waals surface area (Å²) in [6.07, 6.45) is 5.04. The zero-order valence-corrected chi connectivity index (χ0v) is 16.9. The Morgan fingerprint density at radius 1 is 1.14 bits per heavy atom. The van der Waals surface area contributed by atoms with Crippen LogP contribution in [-0.2, 0) is 26.0 Å². The fourth-order valence-corrected chi connectivity index (χ4v) is 5.91. The molecule has 0 bridgehead atoms. The zero-order chi connectivity index (χ0) is 20.4. The lowest BCUT2D eigenvalue weighted by atomic mass is 10.1. The number of carbonyl (C=O) groups is 2. The van der Waals surface area contributed by atoms with Crippen LogP contribution in [-0.4, -0.2) is 36.9 Å². The Bertz CT molecular complexity index is 977. The Hall–Kier alpha value is -2.61. The van der Waals surface area contributed by atoms with Gasteiger partial charge in [0.25, 0.3) is 0 Å². The molecular formula is C21H24N2O5S. The molecule has 154 valence electrons. The number of nitrogens with one attached hydrogen (secondary N) is 1. The number of sulfone groups is 1. The number of likely N-dealkylation sites (tertiary alicyclic amines) is 1. The van der Waals surface area contributed by atoms with Gasteiger partial charge < -0.3 is 14.6 Å². The normalized spacial score (nSPS) is 20.3. The van der Waals surface area contributed by atoms with E-state index in [0.29, 0.717) is 42.3 Å². The Morgan fingerprint density at radius 2 is 1.86 bits per heavy atom. The number of hydrogen-bond acceptors (Lipinski definition) is 5. The third kappa shape index (κ3) is 4.22. The minimum absolute atomic E-state index is 0.0837. The highest BCUT2D eigenvalue weighted by Gasteiger charge is 2.35. The number of nitrogens with zero attached hydrogens (tertiary/aromatic N) is 1. The first-order chi connectivity index (χ1) is 13.9. The van der Waals surface area contributed by atoms with Gasteiger partial charge in [-0.25, -0.2) is 8.42 Å². The van der Waals surface area contributed by atoms with Crippen molar-refractivity contribution in [3.63, 3.8) is 0 Å². The van der Waals surface area contributed by atoms with Crippen molar-refractivity contribution in [2.45, 2.75) is 48.8 Å². The summed E-state index contributed by atoms with van der Waals surface area (Å²) >= 11 is 0. The molecule has 0 spiro atoms. The lowest BCUT2D eigenvalue weighted by Crippen LogP contribution is -2.27. The third-order valence-corrected chi connectivity index (χ3v) is 7.98. The summed E-state index contributed by atoms with van der Waals surface area (Å²) < 4.78 is 30.6. The first-order valence-electron chi connectivity index (χ1n) is 9.88. The topological polar surface area (TPSA) is 96.7 Å². The monoisotopic (exact) mass is 416 g/mol. The van der Waals surface area contributed by atoms with E-state index in [9.17, 15) is 18.0 Å². The molecule has 1 saturated heterocycles. The summed E-state index contributed by atoms with van der Waals surface area (Å²) in [4.78, 5) is 26.7. The van der Waals surface area contributed by atoms with E-state index >= 15 is 0 Å². The molecule has 2 aliphatic rings. The van der Waals surface area contributed by atoms with Crippen molar-refractivity contribution >= 4 is 27.3 Å². The number of anilines is 1. The number of furan rings is 1. The van der Waals surface area contributed by atoms with Crippen LogP contribution < -0.4 is 5.32 Å². The number of benzene rings is 1. The molecule has 2 heterocycles. The van der Waals surface area contributed by atoms with Gasteiger partial charge in [0.05, 0.1) is 28.9 Å². The van der Waals surface area contributed by atoms with E-state index in [1.165, 1.54) is 0 Å². The van der Waals surface area contributed by atoms with Crippen LogP contribution in [0.1, 0.15) is 37.9 Å². The number of hydrogen-bond donors (Lipinski definition) is 1. The van der Waals surface area contributed by atoms with Gasteiger partial charge in [0.1, 0.15) is 5.76 Å². The zero-order valence-electron chi connectivity index (χ0n) is 16.0. The molecule has 1 saturated carbocycles. The molecular weight excluding hydrogens is 392 g/mol. The van der Waals surface area contributed by atoms with Crippen LogP contribution in [0.4, 0.5) is 5.69 Å². The summed E-state index contributed by atoms with van der Waals surface area (Å²) in [7, 11) is -3.31. The molecule has 7 nitrogen and oxygen atoms in total. The van der Waals surface area contributed by atoms with Gasteiger partial charge in [0.15, 0.2) is 9.84 Å². The predicted molar refractivity (Wildman–Crippen MR) is 107 cm³/mol. The molecule has 2 amide bonds. The van der Waals surface area contributed by atoms with Crippen LogP contribution in [0.25, 0.3) is 0 Å². The summed E-state index contributed by atoms with van der Waals surface area (Å²) in [5, 5.41) is 2.50. The smallest absolute Gasteiger partial charge is 0.229 e. The highest BCUT2D eigenvalue weighted by molar-refractivity contribution is 7.92.